The summed E-state index contributed by atoms with van der Waals surface area (Å²) < 4.78 is 0. The number of aliphatic carboxylic acids is 1. The summed E-state index contributed by atoms with van der Waals surface area (Å²) in [7, 11) is 0. The van der Waals surface area contributed by atoms with Crippen LogP contribution in [0.25, 0.3) is 6.08 Å². The zero-order chi connectivity index (χ0) is 15.8. The second-order valence-electron chi connectivity index (χ2n) is 5.03. The van der Waals surface area contributed by atoms with Crippen LogP contribution < -0.4 is 11.5 Å². The maximum Gasteiger partial charge on any atom is 4.00 e. The van der Waals surface area contributed by atoms with Crippen molar-refractivity contribution in [3.8, 4) is 11.5 Å². The summed E-state index contributed by atoms with van der Waals surface area (Å²) in [6.45, 7) is 0. The topological polar surface area (TPSA) is 130 Å². The van der Waals surface area contributed by atoms with Crippen molar-refractivity contribution in [1.82, 2.24) is 0 Å². The Morgan fingerprint density at radius 3 is 2.05 bits per heavy atom. The van der Waals surface area contributed by atoms with E-state index in [4.69, 9.17) is 26.8 Å². The smallest absolute Gasteiger partial charge is 0.504 e. The van der Waals surface area contributed by atoms with Crippen LogP contribution in [-0.4, -0.2) is 33.4 Å². The van der Waals surface area contributed by atoms with Gasteiger partial charge in [-0.25, -0.2) is 4.79 Å². The van der Waals surface area contributed by atoms with Crippen molar-refractivity contribution >= 4 is 12.0 Å². The average Bonchev–Trinajstić information content (AvgIpc) is 2.44. The van der Waals surface area contributed by atoms with Gasteiger partial charge in [-0.15, -0.1) is 0 Å². The second-order valence-corrected chi connectivity index (χ2v) is 5.03. The van der Waals surface area contributed by atoms with Crippen LogP contribution in [0.15, 0.2) is 24.3 Å². The van der Waals surface area contributed by atoms with Gasteiger partial charge in [0.05, 0.1) is 0 Å². The van der Waals surface area contributed by atoms with Crippen LogP contribution in [0.1, 0.15) is 31.2 Å². The molecule has 0 heterocycles. The Hall–Kier alpha value is -1.36. The van der Waals surface area contributed by atoms with E-state index >= 15 is 0 Å². The number of hydrogen-bond acceptors (Lipinski definition) is 5. The Labute approximate surface area is 144 Å². The molecule has 0 radical (unpaired) electrons. The first-order valence-corrected chi connectivity index (χ1v) is 6.84. The van der Waals surface area contributed by atoms with Crippen LogP contribution in [0.5, 0.6) is 11.5 Å². The van der Waals surface area contributed by atoms with E-state index in [2.05, 4.69) is 0 Å². The number of rotatable bonds is 2. The summed E-state index contributed by atoms with van der Waals surface area (Å²) in [5, 5.41) is 26.3. The van der Waals surface area contributed by atoms with Crippen molar-refractivity contribution in [3.63, 3.8) is 0 Å². The van der Waals surface area contributed by atoms with Gasteiger partial charge in [0.15, 0.2) is 11.5 Å². The van der Waals surface area contributed by atoms with E-state index in [1.165, 1.54) is 37.1 Å². The van der Waals surface area contributed by atoms with Gasteiger partial charge in [0, 0.05) is 18.2 Å². The summed E-state index contributed by atoms with van der Waals surface area (Å²) in [5.74, 6) is -1.56. The minimum absolute atomic E-state index is 0. The van der Waals surface area contributed by atoms with Crippen molar-refractivity contribution in [2.75, 3.05) is 0 Å². The standard InChI is InChI=1S/C9H8O4.C6H14N2.Pt/c10-7-3-1-6(5-8(7)11)2-4-9(12)13;7-5-3-1-2-4-6(5)8;/h1-5,10-11H,(H,12,13);5-6H,1-4,7-8H2;/q;;+4/b4-2+;;/t;5-,6-;/m.1./s1. The Bertz CT molecular complexity index is 498. The first kappa shape index (κ1) is 20.6. The summed E-state index contributed by atoms with van der Waals surface area (Å²) in [6.07, 6.45) is 7.07. The number of carbonyl (C=O) groups is 1. The van der Waals surface area contributed by atoms with Gasteiger partial charge in [0.25, 0.3) is 0 Å². The monoisotopic (exact) mass is 489 g/mol. The SMILES string of the molecule is N[C@@H]1CCCC[C@H]1N.O=C(O)/C=C/c1ccc(O)c(O)c1.[Pt+4]. The molecule has 1 aliphatic carbocycles. The van der Waals surface area contributed by atoms with Crippen LogP contribution in [0.3, 0.4) is 0 Å². The third-order valence-corrected chi connectivity index (χ3v) is 3.29. The molecule has 1 saturated carbocycles. The molecule has 7 N–H and O–H groups in total. The predicted octanol–water partition coefficient (Wildman–Crippen LogP) is 1.41. The molecule has 0 spiro atoms. The van der Waals surface area contributed by atoms with E-state index in [-0.39, 0.29) is 44.6 Å². The Morgan fingerprint density at radius 2 is 1.64 bits per heavy atom. The molecule has 1 aliphatic rings. The van der Waals surface area contributed by atoms with Crippen molar-refractivity contribution in [1.29, 1.82) is 0 Å². The third-order valence-electron chi connectivity index (χ3n) is 3.29. The molecule has 0 unspecified atom stereocenters. The molecule has 2 rings (SSSR count). The van der Waals surface area contributed by atoms with E-state index in [1.807, 2.05) is 0 Å². The van der Waals surface area contributed by atoms with Crippen LogP contribution >= 0.6 is 0 Å². The second kappa shape index (κ2) is 10.4. The third kappa shape index (κ3) is 7.59. The zero-order valence-corrected chi connectivity index (χ0v) is 14.4. The predicted molar refractivity (Wildman–Crippen MR) is 80.9 cm³/mol. The maximum absolute atomic E-state index is 10.1. The maximum atomic E-state index is 10.1. The molecule has 7 heteroatoms. The van der Waals surface area contributed by atoms with Gasteiger partial charge in [-0.2, -0.15) is 0 Å². The number of carboxylic acids is 1. The molecule has 0 bridgehead atoms. The first-order chi connectivity index (χ1) is 9.90. The molecule has 0 saturated heterocycles. The molecule has 1 fully saturated rings. The van der Waals surface area contributed by atoms with Crippen molar-refractivity contribution in [3.05, 3.63) is 29.8 Å². The van der Waals surface area contributed by atoms with E-state index < -0.39 is 5.97 Å². The average molecular weight is 489 g/mol. The number of carboxylic acid groups (broad SMARTS) is 1. The number of phenols is 2. The number of benzene rings is 1. The Balaban J connectivity index is 0.000000423. The van der Waals surface area contributed by atoms with E-state index in [1.54, 1.807) is 0 Å². The molecule has 1 aromatic rings. The Kier molecular flexibility index (Phi) is 9.74. The van der Waals surface area contributed by atoms with Gasteiger partial charge in [0.1, 0.15) is 0 Å². The fourth-order valence-corrected chi connectivity index (χ4v) is 2.00. The summed E-state index contributed by atoms with van der Waals surface area (Å²) >= 11 is 0. The molecular weight excluding hydrogens is 467 g/mol. The van der Waals surface area contributed by atoms with E-state index in [0.29, 0.717) is 5.56 Å². The molecule has 1 aromatic carbocycles. The number of hydrogen-bond donors (Lipinski definition) is 5. The minimum atomic E-state index is -1.06. The van der Waals surface area contributed by atoms with Crippen LogP contribution in [0.4, 0.5) is 0 Å². The first-order valence-electron chi connectivity index (χ1n) is 6.84. The molecule has 0 aliphatic heterocycles. The molecule has 22 heavy (non-hydrogen) atoms. The molecular formula is C15H22N2O4Pt+4. The molecule has 2 atom stereocenters. The van der Waals surface area contributed by atoms with Crippen molar-refractivity contribution in [2.45, 2.75) is 37.8 Å². The summed E-state index contributed by atoms with van der Waals surface area (Å²) in [6, 6.07) is 4.62. The van der Waals surface area contributed by atoms with Crippen LogP contribution in [0.2, 0.25) is 0 Å². The van der Waals surface area contributed by atoms with Gasteiger partial charge in [0.2, 0.25) is 0 Å². The number of aromatic hydroxyl groups is 2. The molecule has 0 amide bonds. The normalized spacial score (nSPS) is 20.6. The Morgan fingerprint density at radius 1 is 1.09 bits per heavy atom. The van der Waals surface area contributed by atoms with E-state index in [9.17, 15) is 4.79 Å². The van der Waals surface area contributed by atoms with E-state index in [0.717, 1.165) is 18.9 Å². The zero-order valence-electron chi connectivity index (χ0n) is 12.1. The molecule has 0 aromatic heterocycles. The van der Waals surface area contributed by atoms with Crippen molar-refractivity contribution < 1.29 is 41.2 Å². The number of phenolic OH excluding ortho intramolecular Hbond substituents is 2. The van der Waals surface area contributed by atoms with Gasteiger partial charge >= 0.3 is 27.0 Å². The van der Waals surface area contributed by atoms with Crippen LogP contribution in [0, 0.1) is 0 Å². The summed E-state index contributed by atoms with van der Waals surface area (Å²) in [5.41, 5.74) is 11.8. The van der Waals surface area contributed by atoms with Crippen molar-refractivity contribution in [2.24, 2.45) is 11.5 Å². The fourth-order valence-electron chi connectivity index (χ4n) is 2.00. The number of nitrogens with two attached hydrogens (primary N) is 2. The van der Waals surface area contributed by atoms with Gasteiger partial charge in [-0.3, -0.25) is 0 Å². The quantitative estimate of drug-likeness (QED) is 0.316. The van der Waals surface area contributed by atoms with Gasteiger partial charge in [-0.1, -0.05) is 18.9 Å². The van der Waals surface area contributed by atoms with Gasteiger partial charge in [-0.05, 0) is 36.6 Å². The summed E-state index contributed by atoms with van der Waals surface area (Å²) in [4.78, 5) is 10.1. The minimum Gasteiger partial charge on any atom is -0.504 e. The molecule has 6 nitrogen and oxygen atoms in total. The molecule has 122 valence electrons. The van der Waals surface area contributed by atoms with Gasteiger partial charge < -0.3 is 26.8 Å². The largest absolute Gasteiger partial charge is 4.00 e. The van der Waals surface area contributed by atoms with Crippen LogP contribution in [-0.2, 0) is 25.9 Å². The fraction of sp³-hybridized carbons (Fsp3) is 0.400.